The molecule has 84 valence electrons. The molecule has 0 radical (unpaired) electrons. The molecular weight excluding hydrogens is 216 g/mol. The molecule has 1 heterocycles. The summed E-state index contributed by atoms with van der Waals surface area (Å²) in [7, 11) is 0. The highest BCUT2D eigenvalue weighted by atomic mass is 32.2. The van der Waals surface area contributed by atoms with Crippen LogP contribution in [0.5, 0.6) is 0 Å². The van der Waals surface area contributed by atoms with Gasteiger partial charge in [-0.25, -0.2) is 0 Å². The van der Waals surface area contributed by atoms with Gasteiger partial charge in [0.05, 0.1) is 11.2 Å². The topological polar surface area (TPSA) is 38.9 Å². The van der Waals surface area contributed by atoms with E-state index in [1.807, 2.05) is 23.9 Å². The predicted molar refractivity (Wildman–Crippen MR) is 71.6 cm³/mol. The molecule has 0 aliphatic carbocycles. The standard InChI is InChI=1S/C13H16N2S/c14-8-3-9-16-10-12-7-6-11-4-1-2-5-13(11)15-12/h1-2,4-7H,3,8-10,14H2. The van der Waals surface area contributed by atoms with Gasteiger partial charge in [0.15, 0.2) is 0 Å². The lowest BCUT2D eigenvalue weighted by atomic mass is 10.2. The van der Waals surface area contributed by atoms with Crippen LogP contribution in [0.3, 0.4) is 0 Å². The number of rotatable bonds is 5. The number of hydrogen-bond donors (Lipinski definition) is 1. The average Bonchev–Trinajstić information content (AvgIpc) is 2.34. The summed E-state index contributed by atoms with van der Waals surface area (Å²) in [5, 5.41) is 1.21. The Morgan fingerprint density at radius 2 is 2.00 bits per heavy atom. The number of thioether (sulfide) groups is 1. The molecule has 0 bridgehead atoms. The molecule has 0 fully saturated rings. The highest BCUT2D eigenvalue weighted by molar-refractivity contribution is 7.98. The van der Waals surface area contributed by atoms with E-state index in [0.29, 0.717) is 0 Å². The summed E-state index contributed by atoms with van der Waals surface area (Å²) in [4.78, 5) is 4.62. The summed E-state index contributed by atoms with van der Waals surface area (Å²) in [5.41, 5.74) is 7.69. The molecule has 2 aromatic rings. The van der Waals surface area contributed by atoms with Crippen LogP contribution in [0.1, 0.15) is 12.1 Å². The third-order valence-corrected chi connectivity index (χ3v) is 3.48. The Kier molecular flexibility index (Phi) is 4.19. The van der Waals surface area contributed by atoms with Gasteiger partial charge in [0.25, 0.3) is 0 Å². The second-order valence-corrected chi connectivity index (χ2v) is 4.80. The third-order valence-electron chi connectivity index (χ3n) is 2.40. The molecule has 0 amide bonds. The van der Waals surface area contributed by atoms with Crippen molar-refractivity contribution in [2.24, 2.45) is 5.73 Å². The molecule has 1 aromatic heterocycles. The van der Waals surface area contributed by atoms with Crippen LogP contribution in [-0.4, -0.2) is 17.3 Å². The fourth-order valence-electron chi connectivity index (χ4n) is 1.55. The number of nitrogens with zero attached hydrogens (tertiary/aromatic N) is 1. The first-order valence-electron chi connectivity index (χ1n) is 5.52. The van der Waals surface area contributed by atoms with Gasteiger partial charge in [0.2, 0.25) is 0 Å². The Hall–Kier alpha value is -1.06. The third kappa shape index (κ3) is 2.97. The monoisotopic (exact) mass is 232 g/mol. The van der Waals surface area contributed by atoms with E-state index < -0.39 is 0 Å². The molecule has 3 heteroatoms. The minimum absolute atomic E-state index is 0.776. The van der Waals surface area contributed by atoms with Crippen molar-refractivity contribution in [3.05, 3.63) is 42.1 Å². The van der Waals surface area contributed by atoms with Crippen molar-refractivity contribution in [2.45, 2.75) is 12.2 Å². The lowest BCUT2D eigenvalue weighted by Crippen LogP contribution is -1.99. The summed E-state index contributed by atoms with van der Waals surface area (Å²) in [6.45, 7) is 0.776. The predicted octanol–water partition coefficient (Wildman–Crippen LogP) is 2.82. The van der Waals surface area contributed by atoms with Gasteiger partial charge < -0.3 is 5.73 Å². The van der Waals surface area contributed by atoms with Crippen LogP contribution in [0.4, 0.5) is 0 Å². The molecule has 0 atom stereocenters. The fraction of sp³-hybridized carbons (Fsp3) is 0.308. The SMILES string of the molecule is NCCCSCc1ccc2ccccc2n1. The quantitative estimate of drug-likeness (QED) is 0.806. The molecule has 0 unspecified atom stereocenters. The Labute approximate surface area is 100 Å². The first-order chi connectivity index (χ1) is 7.90. The van der Waals surface area contributed by atoms with E-state index in [9.17, 15) is 0 Å². The molecule has 2 N–H and O–H groups in total. The summed E-state index contributed by atoms with van der Waals surface area (Å²) in [5.74, 6) is 2.09. The molecular formula is C13H16N2S. The van der Waals surface area contributed by atoms with Crippen LogP contribution in [0.2, 0.25) is 0 Å². The highest BCUT2D eigenvalue weighted by Crippen LogP contribution is 2.16. The molecule has 0 aliphatic rings. The van der Waals surface area contributed by atoms with Gasteiger partial charge in [-0.15, -0.1) is 0 Å². The smallest absolute Gasteiger partial charge is 0.0705 e. The second kappa shape index (κ2) is 5.87. The molecule has 0 aliphatic heterocycles. The summed E-state index contributed by atoms with van der Waals surface area (Å²) in [6.07, 6.45) is 1.08. The zero-order chi connectivity index (χ0) is 11.2. The minimum atomic E-state index is 0.776. The number of hydrogen-bond acceptors (Lipinski definition) is 3. The van der Waals surface area contributed by atoms with Crippen LogP contribution in [-0.2, 0) is 5.75 Å². The fourth-order valence-corrected chi connectivity index (χ4v) is 2.44. The van der Waals surface area contributed by atoms with Gasteiger partial charge in [-0.05, 0) is 30.9 Å². The maximum Gasteiger partial charge on any atom is 0.0705 e. The van der Waals surface area contributed by atoms with Gasteiger partial charge in [-0.2, -0.15) is 11.8 Å². The van der Waals surface area contributed by atoms with Crippen LogP contribution in [0, 0.1) is 0 Å². The van der Waals surface area contributed by atoms with Gasteiger partial charge in [-0.3, -0.25) is 4.98 Å². The van der Waals surface area contributed by atoms with Crippen LogP contribution in [0.25, 0.3) is 10.9 Å². The number of para-hydroxylation sites is 1. The van der Waals surface area contributed by atoms with E-state index in [1.54, 1.807) is 0 Å². The van der Waals surface area contributed by atoms with Crippen LogP contribution in [0.15, 0.2) is 36.4 Å². The number of benzene rings is 1. The lowest BCUT2D eigenvalue weighted by Gasteiger charge is -2.02. The molecule has 2 rings (SSSR count). The molecule has 16 heavy (non-hydrogen) atoms. The van der Waals surface area contributed by atoms with Gasteiger partial charge in [0.1, 0.15) is 0 Å². The number of fused-ring (bicyclic) bond motifs is 1. The molecule has 0 saturated carbocycles. The molecule has 0 saturated heterocycles. The van der Waals surface area contributed by atoms with E-state index in [1.165, 1.54) is 5.39 Å². The highest BCUT2D eigenvalue weighted by Gasteiger charge is 1.97. The van der Waals surface area contributed by atoms with E-state index >= 15 is 0 Å². The Morgan fingerprint density at radius 3 is 2.88 bits per heavy atom. The first-order valence-corrected chi connectivity index (χ1v) is 6.68. The summed E-state index contributed by atoms with van der Waals surface area (Å²) >= 11 is 1.90. The molecule has 0 spiro atoms. The Balaban J connectivity index is 2.02. The maximum absolute atomic E-state index is 5.45. The van der Waals surface area contributed by atoms with E-state index in [2.05, 4.69) is 29.2 Å². The van der Waals surface area contributed by atoms with Crippen molar-refractivity contribution in [3.63, 3.8) is 0 Å². The molecule has 2 nitrogen and oxygen atoms in total. The van der Waals surface area contributed by atoms with Crippen molar-refractivity contribution >= 4 is 22.7 Å². The van der Waals surface area contributed by atoms with E-state index in [4.69, 9.17) is 5.73 Å². The normalized spacial score (nSPS) is 10.8. The van der Waals surface area contributed by atoms with Crippen molar-refractivity contribution in [3.8, 4) is 0 Å². The first kappa shape index (κ1) is 11.4. The lowest BCUT2D eigenvalue weighted by molar-refractivity contribution is 0.942. The van der Waals surface area contributed by atoms with Crippen LogP contribution >= 0.6 is 11.8 Å². The van der Waals surface area contributed by atoms with Crippen molar-refractivity contribution in [2.75, 3.05) is 12.3 Å². The van der Waals surface area contributed by atoms with E-state index in [-0.39, 0.29) is 0 Å². The Bertz CT molecular complexity index is 456. The van der Waals surface area contributed by atoms with Gasteiger partial charge >= 0.3 is 0 Å². The van der Waals surface area contributed by atoms with Crippen molar-refractivity contribution in [1.82, 2.24) is 4.98 Å². The molecule has 1 aromatic carbocycles. The van der Waals surface area contributed by atoms with Gasteiger partial charge in [-0.1, -0.05) is 24.3 Å². The maximum atomic E-state index is 5.45. The zero-order valence-corrected chi connectivity index (χ0v) is 10.0. The number of aromatic nitrogens is 1. The van der Waals surface area contributed by atoms with Crippen molar-refractivity contribution in [1.29, 1.82) is 0 Å². The summed E-state index contributed by atoms with van der Waals surface area (Å²) < 4.78 is 0. The Morgan fingerprint density at radius 1 is 1.12 bits per heavy atom. The van der Waals surface area contributed by atoms with Crippen molar-refractivity contribution < 1.29 is 0 Å². The van der Waals surface area contributed by atoms with Crippen LogP contribution < -0.4 is 5.73 Å². The largest absolute Gasteiger partial charge is 0.330 e. The average molecular weight is 232 g/mol. The zero-order valence-electron chi connectivity index (χ0n) is 9.23. The number of pyridine rings is 1. The van der Waals surface area contributed by atoms with Gasteiger partial charge in [0, 0.05) is 11.1 Å². The minimum Gasteiger partial charge on any atom is -0.330 e. The number of nitrogens with two attached hydrogens (primary N) is 1. The summed E-state index contributed by atoms with van der Waals surface area (Å²) in [6, 6.07) is 12.5. The second-order valence-electron chi connectivity index (χ2n) is 3.69. The van der Waals surface area contributed by atoms with E-state index in [0.717, 1.165) is 35.7 Å².